The normalized spacial score (nSPS) is 13.2. The van der Waals surface area contributed by atoms with E-state index < -0.39 is 0 Å². The van der Waals surface area contributed by atoms with Gasteiger partial charge in [-0.05, 0) is 42.2 Å². The lowest BCUT2D eigenvalue weighted by molar-refractivity contribution is 0.0946. The molecule has 0 saturated carbocycles. The summed E-state index contributed by atoms with van der Waals surface area (Å²) in [6.45, 7) is 1.41. The second-order valence-corrected chi connectivity index (χ2v) is 6.43. The van der Waals surface area contributed by atoms with Crippen molar-refractivity contribution in [1.29, 1.82) is 0 Å². The fourth-order valence-corrected chi connectivity index (χ4v) is 3.34. The van der Waals surface area contributed by atoms with Gasteiger partial charge in [0, 0.05) is 18.8 Å². The number of carbonyl (C=O) groups is 1. The maximum atomic E-state index is 12.5. The van der Waals surface area contributed by atoms with Gasteiger partial charge in [-0.2, -0.15) is 0 Å². The predicted molar refractivity (Wildman–Crippen MR) is 104 cm³/mol. The summed E-state index contributed by atoms with van der Waals surface area (Å²) in [5.41, 5.74) is 4.04. The average Bonchev–Trinajstić information content (AvgIpc) is 2.72. The Labute approximate surface area is 153 Å². The SMILES string of the molecule is O=C(NCc1ccccc1)c1cccc(N2CCCc3ccccc32)n1. The summed E-state index contributed by atoms with van der Waals surface area (Å²) >= 11 is 0. The molecule has 0 fully saturated rings. The van der Waals surface area contributed by atoms with Crippen LogP contribution in [0.4, 0.5) is 11.5 Å². The third kappa shape index (κ3) is 3.45. The van der Waals surface area contributed by atoms with Crippen LogP contribution in [-0.2, 0) is 13.0 Å². The summed E-state index contributed by atoms with van der Waals surface area (Å²) in [5.74, 6) is 0.672. The minimum absolute atomic E-state index is 0.152. The summed E-state index contributed by atoms with van der Waals surface area (Å²) in [7, 11) is 0. The Bertz CT molecular complexity index is 908. The monoisotopic (exact) mass is 343 g/mol. The molecule has 130 valence electrons. The number of aryl methyl sites for hydroxylation is 1. The van der Waals surface area contributed by atoms with E-state index in [1.165, 1.54) is 11.3 Å². The zero-order valence-corrected chi connectivity index (χ0v) is 14.6. The molecule has 0 radical (unpaired) electrons. The van der Waals surface area contributed by atoms with E-state index in [4.69, 9.17) is 0 Å². The number of aromatic nitrogens is 1. The zero-order valence-electron chi connectivity index (χ0n) is 14.6. The first kappa shape index (κ1) is 16.3. The van der Waals surface area contributed by atoms with Crippen molar-refractivity contribution in [2.75, 3.05) is 11.4 Å². The summed E-state index contributed by atoms with van der Waals surface area (Å²) in [6.07, 6.45) is 2.17. The minimum atomic E-state index is -0.152. The second kappa shape index (κ2) is 7.40. The van der Waals surface area contributed by atoms with Gasteiger partial charge in [-0.3, -0.25) is 4.79 Å². The molecule has 1 N–H and O–H groups in total. The average molecular weight is 343 g/mol. The van der Waals surface area contributed by atoms with E-state index in [0.717, 1.165) is 30.8 Å². The van der Waals surface area contributed by atoms with E-state index in [-0.39, 0.29) is 5.91 Å². The van der Waals surface area contributed by atoms with Crippen LogP contribution in [0.5, 0.6) is 0 Å². The Kier molecular flexibility index (Phi) is 4.65. The maximum absolute atomic E-state index is 12.5. The first-order chi connectivity index (χ1) is 12.8. The number of pyridine rings is 1. The van der Waals surface area contributed by atoms with Gasteiger partial charge >= 0.3 is 0 Å². The summed E-state index contributed by atoms with van der Waals surface area (Å²) in [4.78, 5) is 19.3. The molecule has 4 heteroatoms. The van der Waals surface area contributed by atoms with Gasteiger partial charge in [0.15, 0.2) is 0 Å². The van der Waals surface area contributed by atoms with Crippen LogP contribution in [0.1, 0.15) is 28.0 Å². The van der Waals surface area contributed by atoms with Crippen LogP contribution in [0.3, 0.4) is 0 Å². The van der Waals surface area contributed by atoms with Crippen molar-refractivity contribution in [3.05, 3.63) is 89.6 Å². The van der Waals surface area contributed by atoms with E-state index in [2.05, 4.69) is 33.4 Å². The van der Waals surface area contributed by atoms with Crippen molar-refractivity contribution < 1.29 is 4.79 Å². The topological polar surface area (TPSA) is 45.2 Å². The molecule has 1 aliphatic rings. The molecule has 4 nitrogen and oxygen atoms in total. The van der Waals surface area contributed by atoms with Gasteiger partial charge in [-0.25, -0.2) is 4.98 Å². The first-order valence-corrected chi connectivity index (χ1v) is 8.96. The van der Waals surface area contributed by atoms with Crippen molar-refractivity contribution in [2.24, 2.45) is 0 Å². The zero-order chi connectivity index (χ0) is 17.8. The highest BCUT2D eigenvalue weighted by Gasteiger charge is 2.19. The molecule has 1 aliphatic heterocycles. The van der Waals surface area contributed by atoms with Crippen LogP contribution >= 0.6 is 0 Å². The Hall–Kier alpha value is -3.14. The van der Waals surface area contributed by atoms with E-state index in [1.54, 1.807) is 6.07 Å². The highest BCUT2D eigenvalue weighted by molar-refractivity contribution is 5.92. The molecule has 0 unspecified atom stereocenters. The van der Waals surface area contributed by atoms with E-state index in [1.807, 2.05) is 48.5 Å². The van der Waals surface area contributed by atoms with Crippen molar-refractivity contribution in [1.82, 2.24) is 10.3 Å². The van der Waals surface area contributed by atoms with Crippen LogP contribution in [-0.4, -0.2) is 17.4 Å². The number of carbonyl (C=O) groups excluding carboxylic acids is 1. The van der Waals surface area contributed by atoms with Crippen LogP contribution < -0.4 is 10.2 Å². The smallest absolute Gasteiger partial charge is 0.270 e. The molecule has 0 aliphatic carbocycles. The number of fused-ring (bicyclic) bond motifs is 1. The molecule has 0 atom stereocenters. The fraction of sp³-hybridized carbons (Fsp3) is 0.182. The number of amides is 1. The number of anilines is 2. The van der Waals surface area contributed by atoms with E-state index in [0.29, 0.717) is 12.2 Å². The van der Waals surface area contributed by atoms with Gasteiger partial charge in [0.25, 0.3) is 5.91 Å². The summed E-state index contributed by atoms with van der Waals surface area (Å²) in [5, 5.41) is 2.94. The Morgan fingerprint density at radius 1 is 0.962 bits per heavy atom. The standard InChI is InChI=1S/C22H21N3O/c26-22(23-16-17-8-2-1-3-9-17)19-12-6-14-21(24-19)25-15-7-11-18-10-4-5-13-20(18)25/h1-6,8-10,12-14H,7,11,15-16H2,(H,23,26). The largest absolute Gasteiger partial charge is 0.347 e. The fourth-order valence-electron chi connectivity index (χ4n) is 3.34. The summed E-state index contributed by atoms with van der Waals surface area (Å²) in [6, 6.07) is 23.9. The number of hydrogen-bond donors (Lipinski definition) is 1. The lowest BCUT2D eigenvalue weighted by Crippen LogP contribution is -2.27. The first-order valence-electron chi connectivity index (χ1n) is 8.96. The number of rotatable bonds is 4. The van der Waals surface area contributed by atoms with Crippen LogP contribution in [0.25, 0.3) is 0 Å². The molecule has 2 aromatic carbocycles. The number of nitrogens with zero attached hydrogens (tertiary/aromatic N) is 2. The highest BCUT2D eigenvalue weighted by atomic mass is 16.1. The number of nitrogens with one attached hydrogen (secondary N) is 1. The van der Waals surface area contributed by atoms with Crippen molar-refractivity contribution in [3.8, 4) is 0 Å². The molecule has 1 aromatic heterocycles. The molecule has 4 rings (SSSR count). The van der Waals surface area contributed by atoms with E-state index in [9.17, 15) is 4.79 Å². The third-order valence-corrected chi connectivity index (χ3v) is 4.65. The van der Waals surface area contributed by atoms with Gasteiger partial charge in [-0.15, -0.1) is 0 Å². The molecule has 0 saturated heterocycles. The lowest BCUT2D eigenvalue weighted by Gasteiger charge is -2.30. The Morgan fingerprint density at radius 3 is 2.65 bits per heavy atom. The minimum Gasteiger partial charge on any atom is -0.347 e. The summed E-state index contributed by atoms with van der Waals surface area (Å²) < 4.78 is 0. The molecule has 3 aromatic rings. The molecule has 2 heterocycles. The van der Waals surface area contributed by atoms with Gasteiger partial charge in [0.05, 0.1) is 0 Å². The molecule has 1 amide bonds. The van der Waals surface area contributed by atoms with Gasteiger partial charge in [0.1, 0.15) is 11.5 Å². The molecule has 26 heavy (non-hydrogen) atoms. The Balaban J connectivity index is 1.53. The maximum Gasteiger partial charge on any atom is 0.270 e. The van der Waals surface area contributed by atoms with Crippen LogP contribution in [0, 0.1) is 0 Å². The van der Waals surface area contributed by atoms with Gasteiger partial charge in [-0.1, -0.05) is 54.6 Å². The van der Waals surface area contributed by atoms with E-state index >= 15 is 0 Å². The van der Waals surface area contributed by atoms with Gasteiger partial charge in [0.2, 0.25) is 0 Å². The molecular weight excluding hydrogens is 322 g/mol. The van der Waals surface area contributed by atoms with Crippen molar-refractivity contribution >= 4 is 17.4 Å². The third-order valence-electron chi connectivity index (χ3n) is 4.65. The van der Waals surface area contributed by atoms with Gasteiger partial charge < -0.3 is 10.2 Å². The Morgan fingerprint density at radius 2 is 1.77 bits per heavy atom. The quantitative estimate of drug-likeness (QED) is 0.776. The van der Waals surface area contributed by atoms with Crippen LogP contribution in [0.15, 0.2) is 72.8 Å². The lowest BCUT2D eigenvalue weighted by atomic mass is 10.0. The number of benzene rings is 2. The molecule has 0 bridgehead atoms. The second-order valence-electron chi connectivity index (χ2n) is 6.43. The molecular formula is C22H21N3O. The number of para-hydroxylation sites is 1. The van der Waals surface area contributed by atoms with Crippen molar-refractivity contribution in [3.63, 3.8) is 0 Å². The number of hydrogen-bond acceptors (Lipinski definition) is 3. The highest BCUT2D eigenvalue weighted by Crippen LogP contribution is 2.32. The van der Waals surface area contributed by atoms with Crippen LogP contribution in [0.2, 0.25) is 0 Å². The molecule has 0 spiro atoms. The van der Waals surface area contributed by atoms with Crippen molar-refractivity contribution in [2.45, 2.75) is 19.4 Å². The predicted octanol–water partition coefficient (Wildman–Crippen LogP) is 4.10.